The molecule has 3 aromatic rings. The molecule has 0 aliphatic rings. The van der Waals surface area contributed by atoms with Gasteiger partial charge in [-0.15, -0.1) is 10.2 Å². The van der Waals surface area contributed by atoms with Crippen LogP contribution in [-0.4, -0.2) is 32.0 Å². The largest absolute Gasteiger partial charge is 0.467 e. The number of primary amides is 1. The molecule has 0 unspecified atom stereocenters. The number of thioether (sulfide) groups is 1. The molecular formula is C17H15Cl2N5O3S. The second kappa shape index (κ2) is 8.68. The average Bonchev–Trinajstić information content (AvgIpc) is 3.26. The topological polar surface area (TPSA) is 116 Å². The first kappa shape index (κ1) is 20.2. The van der Waals surface area contributed by atoms with E-state index in [1.165, 1.54) is 0 Å². The van der Waals surface area contributed by atoms with Crippen molar-refractivity contribution in [1.29, 1.82) is 0 Å². The van der Waals surface area contributed by atoms with Crippen LogP contribution in [0.1, 0.15) is 12.7 Å². The van der Waals surface area contributed by atoms with E-state index in [2.05, 4.69) is 10.2 Å². The minimum Gasteiger partial charge on any atom is -0.467 e. The minimum atomic E-state index is -0.914. The van der Waals surface area contributed by atoms with Gasteiger partial charge in [0, 0.05) is 10.6 Å². The number of nitrogens with zero attached hydrogens (tertiary/aromatic N) is 3. The Bertz CT molecular complexity index is 1010. The molecule has 1 aromatic carbocycles. The predicted molar refractivity (Wildman–Crippen MR) is 106 cm³/mol. The number of hydrogen-bond acceptors (Lipinski definition) is 6. The SMILES string of the molecule is C[C@@H](Sc1nnc(-c2ccc(Cl)cc2Cl)n1Cc1ccco1)C(=O)NC(N)=O. The first-order valence-electron chi connectivity index (χ1n) is 8.03. The number of imide groups is 1. The number of halogens is 2. The maximum atomic E-state index is 12.0. The number of nitrogens with one attached hydrogen (secondary N) is 1. The highest BCUT2D eigenvalue weighted by Gasteiger charge is 2.23. The molecule has 0 aliphatic carbocycles. The van der Waals surface area contributed by atoms with Crippen LogP contribution >= 0.6 is 35.0 Å². The van der Waals surface area contributed by atoms with E-state index in [0.717, 1.165) is 11.8 Å². The van der Waals surface area contributed by atoms with Gasteiger partial charge in [0.15, 0.2) is 11.0 Å². The number of hydrogen-bond donors (Lipinski definition) is 2. The van der Waals surface area contributed by atoms with Gasteiger partial charge in [-0.1, -0.05) is 35.0 Å². The van der Waals surface area contributed by atoms with Gasteiger partial charge in [0.25, 0.3) is 0 Å². The molecule has 8 nitrogen and oxygen atoms in total. The number of aromatic nitrogens is 3. The number of nitrogens with two attached hydrogens (primary N) is 1. The summed E-state index contributed by atoms with van der Waals surface area (Å²) >= 11 is 13.4. The maximum Gasteiger partial charge on any atom is 0.318 e. The number of rotatable bonds is 6. The van der Waals surface area contributed by atoms with E-state index < -0.39 is 17.2 Å². The highest BCUT2D eigenvalue weighted by Crippen LogP contribution is 2.33. The molecule has 11 heteroatoms. The van der Waals surface area contributed by atoms with E-state index in [9.17, 15) is 9.59 Å². The van der Waals surface area contributed by atoms with Crippen molar-refractivity contribution in [1.82, 2.24) is 20.1 Å². The Morgan fingerprint density at radius 1 is 1.32 bits per heavy atom. The van der Waals surface area contributed by atoms with Crippen molar-refractivity contribution in [2.75, 3.05) is 0 Å². The van der Waals surface area contributed by atoms with Gasteiger partial charge in [-0.25, -0.2) is 4.79 Å². The van der Waals surface area contributed by atoms with Crippen LogP contribution in [0, 0.1) is 0 Å². The summed E-state index contributed by atoms with van der Waals surface area (Å²) in [6.45, 7) is 1.95. The molecule has 0 radical (unpaired) electrons. The highest BCUT2D eigenvalue weighted by atomic mass is 35.5. The predicted octanol–water partition coefficient (Wildman–Crippen LogP) is 3.57. The van der Waals surface area contributed by atoms with Gasteiger partial charge in [-0.3, -0.25) is 14.7 Å². The van der Waals surface area contributed by atoms with Gasteiger partial charge in [-0.2, -0.15) is 0 Å². The average molecular weight is 440 g/mol. The molecule has 28 heavy (non-hydrogen) atoms. The van der Waals surface area contributed by atoms with E-state index in [-0.39, 0.29) is 0 Å². The zero-order valence-corrected chi connectivity index (χ0v) is 16.9. The van der Waals surface area contributed by atoms with Crippen molar-refractivity contribution in [3.8, 4) is 11.4 Å². The quantitative estimate of drug-likeness (QED) is 0.566. The molecule has 3 amide bonds. The summed E-state index contributed by atoms with van der Waals surface area (Å²) in [5, 5.41) is 11.2. The summed E-state index contributed by atoms with van der Waals surface area (Å²) in [6.07, 6.45) is 1.56. The van der Waals surface area contributed by atoms with E-state index in [4.69, 9.17) is 33.4 Å². The molecule has 0 saturated heterocycles. The molecule has 1 atom stereocenters. The first-order valence-corrected chi connectivity index (χ1v) is 9.66. The van der Waals surface area contributed by atoms with Gasteiger partial charge in [0.05, 0.1) is 23.1 Å². The van der Waals surface area contributed by atoms with Crippen molar-refractivity contribution >= 4 is 46.9 Å². The van der Waals surface area contributed by atoms with Gasteiger partial charge in [0.1, 0.15) is 5.76 Å². The van der Waals surface area contributed by atoms with Crippen LogP contribution in [0.2, 0.25) is 10.0 Å². The number of urea groups is 1. The standard InChI is InChI=1S/C17H15Cl2N5O3S/c1-9(15(25)21-16(20)26)28-17-23-22-14(12-5-4-10(18)7-13(12)19)24(17)8-11-3-2-6-27-11/h2-7,9H,8H2,1H3,(H3,20,21,25,26)/t9-/m1/s1. The number of carbonyl (C=O) groups excluding carboxylic acids is 2. The van der Waals surface area contributed by atoms with E-state index in [1.54, 1.807) is 42.0 Å². The molecule has 3 N–H and O–H groups in total. The Kier molecular flexibility index (Phi) is 6.28. The first-order chi connectivity index (χ1) is 13.3. The zero-order valence-electron chi connectivity index (χ0n) is 14.6. The van der Waals surface area contributed by atoms with Crippen LogP contribution in [0.4, 0.5) is 4.79 Å². The number of carbonyl (C=O) groups is 2. The Balaban J connectivity index is 1.97. The Hall–Kier alpha value is -2.49. The molecule has 0 saturated carbocycles. The smallest absolute Gasteiger partial charge is 0.318 e. The number of amides is 3. The van der Waals surface area contributed by atoms with Crippen molar-refractivity contribution in [2.45, 2.75) is 23.9 Å². The molecule has 2 aromatic heterocycles. The normalized spacial score (nSPS) is 12.0. The van der Waals surface area contributed by atoms with Crippen LogP contribution in [0.25, 0.3) is 11.4 Å². The van der Waals surface area contributed by atoms with Crippen LogP contribution < -0.4 is 11.1 Å². The fraction of sp³-hybridized carbons (Fsp3) is 0.176. The summed E-state index contributed by atoms with van der Waals surface area (Å²) in [5.41, 5.74) is 5.63. The van der Waals surface area contributed by atoms with E-state index in [1.807, 2.05) is 11.4 Å². The molecule has 2 heterocycles. The van der Waals surface area contributed by atoms with E-state index >= 15 is 0 Å². The van der Waals surface area contributed by atoms with Crippen molar-refractivity contribution in [3.05, 3.63) is 52.4 Å². The molecule has 3 rings (SSSR count). The lowest BCUT2D eigenvalue weighted by Crippen LogP contribution is -2.39. The Morgan fingerprint density at radius 2 is 2.11 bits per heavy atom. The van der Waals surface area contributed by atoms with Crippen LogP contribution in [0.15, 0.2) is 46.2 Å². The summed E-state index contributed by atoms with van der Waals surface area (Å²) in [4.78, 5) is 22.9. The third-order valence-corrected chi connectivity index (χ3v) is 5.31. The van der Waals surface area contributed by atoms with Crippen LogP contribution in [0.5, 0.6) is 0 Å². The second-order valence-electron chi connectivity index (χ2n) is 5.71. The van der Waals surface area contributed by atoms with Gasteiger partial charge >= 0.3 is 6.03 Å². The fourth-order valence-electron chi connectivity index (χ4n) is 2.38. The molecule has 0 bridgehead atoms. The van der Waals surface area contributed by atoms with Crippen molar-refractivity contribution in [2.24, 2.45) is 5.73 Å². The lowest BCUT2D eigenvalue weighted by Gasteiger charge is -2.12. The van der Waals surface area contributed by atoms with Crippen LogP contribution in [0.3, 0.4) is 0 Å². The lowest BCUT2D eigenvalue weighted by molar-refractivity contribution is -0.119. The fourth-order valence-corrected chi connectivity index (χ4v) is 3.72. The minimum absolute atomic E-state index is 0.320. The third kappa shape index (κ3) is 4.67. The number of furan rings is 1. The molecule has 146 valence electrons. The van der Waals surface area contributed by atoms with E-state index in [0.29, 0.717) is 38.9 Å². The zero-order chi connectivity index (χ0) is 20.3. The summed E-state index contributed by atoms with van der Waals surface area (Å²) in [6, 6.07) is 7.72. The molecular weight excluding hydrogens is 425 g/mol. The molecule has 0 aliphatic heterocycles. The van der Waals surface area contributed by atoms with Crippen LogP contribution in [-0.2, 0) is 11.3 Å². The summed E-state index contributed by atoms with van der Waals surface area (Å²) in [5.74, 6) is 0.626. The summed E-state index contributed by atoms with van der Waals surface area (Å²) < 4.78 is 7.20. The number of benzene rings is 1. The Labute approximate surface area is 174 Å². The van der Waals surface area contributed by atoms with Gasteiger partial charge in [0.2, 0.25) is 5.91 Å². The maximum absolute atomic E-state index is 12.0. The lowest BCUT2D eigenvalue weighted by atomic mass is 10.2. The molecule has 0 fully saturated rings. The van der Waals surface area contributed by atoms with Crippen molar-refractivity contribution < 1.29 is 14.0 Å². The third-order valence-electron chi connectivity index (χ3n) is 3.68. The molecule has 0 spiro atoms. The second-order valence-corrected chi connectivity index (χ2v) is 7.86. The van der Waals surface area contributed by atoms with Gasteiger partial charge < -0.3 is 10.2 Å². The highest BCUT2D eigenvalue weighted by molar-refractivity contribution is 8.00. The monoisotopic (exact) mass is 439 g/mol. The Morgan fingerprint density at radius 3 is 2.75 bits per heavy atom. The van der Waals surface area contributed by atoms with Crippen molar-refractivity contribution in [3.63, 3.8) is 0 Å². The summed E-state index contributed by atoms with van der Waals surface area (Å²) in [7, 11) is 0. The van der Waals surface area contributed by atoms with Gasteiger partial charge in [-0.05, 0) is 37.3 Å².